The number of carbonyl (C=O) groups is 2. The Morgan fingerprint density at radius 3 is 1.89 bits per heavy atom. The van der Waals surface area contributed by atoms with E-state index in [0.29, 0.717) is 25.5 Å². The summed E-state index contributed by atoms with van der Waals surface area (Å²) in [5, 5.41) is 2.69. The molecule has 0 aliphatic carbocycles. The van der Waals surface area contributed by atoms with Crippen molar-refractivity contribution in [2.75, 3.05) is 11.9 Å². The van der Waals surface area contributed by atoms with Gasteiger partial charge in [-0.25, -0.2) is 4.79 Å². The molecule has 4 aromatic rings. The summed E-state index contributed by atoms with van der Waals surface area (Å²) in [4.78, 5) is 25.1. The highest BCUT2D eigenvalue weighted by Gasteiger charge is 2.42. The summed E-state index contributed by atoms with van der Waals surface area (Å²) in [6.45, 7) is 2.66. The highest BCUT2D eigenvalue weighted by Crippen LogP contribution is 2.30. The highest BCUT2D eigenvalue weighted by molar-refractivity contribution is 6.00. The van der Waals surface area contributed by atoms with Crippen LogP contribution in [0.25, 0.3) is 0 Å². The zero-order valence-corrected chi connectivity index (χ0v) is 24.7. The second-order valence-corrected chi connectivity index (χ2v) is 10.6. The predicted octanol–water partition coefficient (Wildman–Crippen LogP) is 6.30. The minimum Gasteiger partial charge on any atom is -0.432 e. The standard InChI is InChI=1S/C36H37NO7/c1-26(38)37-31-20-12-11-19-30(31)36(39)44-34-21-32(41-23-28-15-7-3-8-16-28)35(42-24-29-17-9-4-10-18-29)33(43-34)25-40-22-27-13-5-2-6-14-27/h2-20,32-35H,21-25H2,1H3,(H,37,38)/t32-,33-,34+,35+/m1/s1. The summed E-state index contributed by atoms with van der Waals surface area (Å²) in [5.74, 6) is -0.906. The number of hydrogen-bond donors (Lipinski definition) is 1. The summed E-state index contributed by atoms with van der Waals surface area (Å²) in [5.41, 5.74) is 3.65. The lowest BCUT2D eigenvalue weighted by molar-refractivity contribution is -0.264. The first-order valence-electron chi connectivity index (χ1n) is 14.7. The maximum atomic E-state index is 13.3. The number of anilines is 1. The molecule has 0 bridgehead atoms. The molecule has 0 saturated carbocycles. The number of esters is 1. The molecule has 4 atom stereocenters. The van der Waals surface area contributed by atoms with Crippen LogP contribution in [0.1, 0.15) is 40.4 Å². The van der Waals surface area contributed by atoms with E-state index in [4.69, 9.17) is 23.7 Å². The van der Waals surface area contributed by atoms with E-state index in [1.54, 1.807) is 24.3 Å². The highest BCUT2D eigenvalue weighted by atomic mass is 16.7. The number of rotatable bonds is 13. The van der Waals surface area contributed by atoms with Gasteiger partial charge in [-0.2, -0.15) is 0 Å². The Hall–Kier alpha value is -4.34. The number of nitrogens with one attached hydrogen (secondary N) is 1. The average Bonchev–Trinajstić information content (AvgIpc) is 3.04. The first-order valence-corrected chi connectivity index (χ1v) is 14.7. The van der Waals surface area contributed by atoms with Crippen LogP contribution in [0.15, 0.2) is 115 Å². The molecule has 8 heteroatoms. The monoisotopic (exact) mass is 595 g/mol. The number of ether oxygens (including phenoxy) is 5. The summed E-state index contributed by atoms with van der Waals surface area (Å²) in [6.07, 6.45) is -2.26. The maximum absolute atomic E-state index is 13.3. The van der Waals surface area contributed by atoms with Crippen molar-refractivity contribution in [2.45, 2.75) is 57.8 Å². The van der Waals surface area contributed by atoms with Gasteiger partial charge in [0.15, 0.2) is 0 Å². The van der Waals surface area contributed by atoms with Crippen molar-refractivity contribution in [3.05, 3.63) is 138 Å². The Morgan fingerprint density at radius 1 is 0.727 bits per heavy atom. The quantitative estimate of drug-likeness (QED) is 0.181. The molecule has 228 valence electrons. The largest absolute Gasteiger partial charge is 0.432 e. The lowest BCUT2D eigenvalue weighted by Gasteiger charge is -2.41. The van der Waals surface area contributed by atoms with Crippen molar-refractivity contribution < 1.29 is 33.3 Å². The Bertz CT molecular complexity index is 1470. The van der Waals surface area contributed by atoms with Crippen LogP contribution in [0.3, 0.4) is 0 Å². The third kappa shape index (κ3) is 9.08. The van der Waals surface area contributed by atoms with E-state index in [-0.39, 0.29) is 24.5 Å². The molecule has 4 aromatic carbocycles. The van der Waals surface area contributed by atoms with Crippen LogP contribution in [0, 0.1) is 0 Å². The van der Waals surface area contributed by atoms with Gasteiger partial charge >= 0.3 is 5.97 Å². The molecule has 1 heterocycles. The Kier molecular flexibility index (Phi) is 11.3. The molecule has 44 heavy (non-hydrogen) atoms. The first-order chi connectivity index (χ1) is 21.5. The van der Waals surface area contributed by atoms with Crippen molar-refractivity contribution in [3.8, 4) is 0 Å². The van der Waals surface area contributed by atoms with E-state index in [1.165, 1.54) is 6.92 Å². The molecule has 1 saturated heterocycles. The summed E-state index contributed by atoms with van der Waals surface area (Å²) >= 11 is 0. The number of para-hydroxylation sites is 1. The molecular weight excluding hydrogens is 558 g/mol. The topological polar surface area (TPSA) is 92.3 Å². The van der Waals surface area contributed by atoms with Gasteiger partial charge in [0, 0.05) is 13.3 Å². The van der Waals surface area contributed by atoms with Gasteiger partial charge in [-0.3, -0.25) is 4.79 Å². The van der Waals surface area contributed by atoms with E-state index in [0.717, 1.165) is 16.7 Å². The molecule has 0 unspecified atom stereocenters. The number of carbonyl (C=O) groups excluding carboxylic acids is 2. The predicted molar refractivity (Wildman–Crippen MR) is 166 cm³/mol. The van der Waals surface area contributed by atoms with Crippen molar-refractivity contribution >= 4 is 17.6 Å². The minimum atomic E-state index is -0.935. The third-order valence-electron chi connectivity index (χ3n) is 7.17. The minimum absolute atomic E-state index is 0.191. The van der Waals surface area contributed by atoms with Crippen molar-refractivity contribution in [2.24, 2.45) is 0 Å². The molecule has 0 radical (unpaired) electrons. The number of hydrogen-bond acceptors (Lipinski definition) is 7. The smallest absolute Gasteiger partial charge is 0.342 e. The molecule has 0 spiro atoms. The molecule has 1 N–H and O–H groups in total. The summed E-state index contributed by atoms with van der Waals surface area (Å²) in [6, 6.07) is 36.3. The van der Waals surface area contributed by atoms with Crippen LogP contribution < -0.4 is 5.32 Å². The van der Waals surface area contributed by atoms with Gasteiger partial charge in [-0.15, -0.1) is 0 Å². The zero-order chi connectivity index (χ0) is 30.6. The fourth-order valence-electron chi connectivity index (χ4n) is 5.03. The molecule has 0 aromatic heterocycles. The van der Waals surface area contributed by atoms with E-state index >= 15 is 0 Å². The van der Waals surface area contributed by atoms with Crippen molar-refractivity contribution in [3.63, 3.8) is 0 Å². The van der Waals surface area contributed by atoms with Crippen LogP contribution in [-0.2, 0) is 48.3 Å². The van der Waals surface area contributed by atoms with E-state index < -0.39 is 30.6 Å². The van der Waals surface area contributed by atoms with Gasteiger partial charge in [0.1, 0.15) is 12.2 Å². The molecular formula is C36H37NO7. The fourth-order valence-corrected chi connectivity index (χ4v) is 5.03. The Balaban J connectivity index is 1.36. The molecule has 1 amide bonds. The number of amides is 1. The van der Waals surface area contributed by atoms with Crippen molar-refractivity contribution in [1.82, 2.24) is 0 Å². The van der Waals surface area contributed by atoms with Crippen LogP contribution in [0.2, 0.25) is 0 Å². The Labute approximate surface area is 257 Å². The van der Waals surface area contributed by atoms with Crippen LogP contribution >= 0.6 is 0 Å². The first kappa shape index (κ1) is 31.1. The van der Waals surface area contributed by atoms with E-state index in [9.17, 15) is 9.59 Å². The zero-order valence-electron chi connectivity index (χ0n) is 24.7. The van der Waals surface area contributed by atoms with Gasteiger partial charge in [-0.05, 0) is 28.8 Å². The Morgan fingerprint density at radius 2 is 1.27 bits per heavy atom. The summed E-state index contributed by atoms with van der Waals surface area (Å²) in [7, 11) is 0. The number of benzene rings is 4. The molecule has 1 aliphatic rings. The third-order valence-corrected chi connectivity index (χ3v) is 7.17. The SMILES string of the molecule is CC(=O)Nc1ccccc1C(=O)O[C@H]1C[C@@H](OCc2ccccc2)[C@H](OCc2ccccc2)[C@@H](COCc2ccccc2)O1. The van der Waals surface area contributed by atoms with Gasteiger partial charge in [0.05, 0.1) is 43.8 Å². The molecule has 5 rings (SSSR count). The average molecular weight is 596 g/mol. The molecule has 8 nitrogen and oxygen atoms in total. The van der Waals surface area contributed by atoms with Gasteiger partial charge in [-0.1, -0.05) is 103 Å². The fraction of sp³-hybridized carbons (Fsp3) is 0.278. The van der Waals surface area contributed by atoms with E-state index in [2.05, 4.69) is 5.32 Å². The maximum Gasteiger partial charge on any atom is 0.342 e. The summed E-state index contributed by atoms with van der Waals surface area (Å²) < 4.78 is 31.3. The van der Waals surface area contributed by atoms with E-state index in [1.807, 2.05) is 91.0 Å². The van der Waals surface area contributed by atoms with Gasteiger partial charge in [0.2, 0.25) is 12.2 Å². The van der Waals surface area contributed by atoms with Crippen LogP contribution in [-0.4, -0.2) is 43.1 Å². The van der Waals surface area contributed by atoms with Crippen LogP contribution in [0.4, 0.5) is 5.69 Å². The van der Waals surface area contributed by atoms with Crippen molar-refractivity contribution in [1.29, 1.82) is 0 Å². The molecule has 1 fully saturated rings. The van der Waals surface area contributed by atoms with Gasteiger partial charge < -0.3 is 29.0 Å². The second kappa shape index (κ2) is 15.9. The normalized spacial score (nSPS) is 19.7. The lowest BCUT2D eigenvalue weighted by atomic mass is 10.0. The molecule has 1 aliphatic heterocycles. The van der Waals surface area contributed by atoms with Gasteiger partial charge in [0.25, 0.3) is 0 Å². The lowest BCUT2D eigenvalue weighted by Crippen LogP contribution is -2.53. The van der Waals surface area contributed by atoms with Crippen LogP contribution in [0.5, 0.6) is 0 Å². The second-order valence-electron chi connectivity index (χ2n) is 10.6.